The van der Waals surface area contributed by atoms with Gasteiger partial charge in [-0.15, -0.1) is 0 Å². The topological polar surface area (TPSA) is 92.6 Å². The van der Waals surface area contributed by atoms with Crippen LogP contribution in [0.5, 0.6) is 5.75 Å². The number of ether oxygens (including phenoxy) is 1. The van der Waals surface area contributed by atoms with Crippen LogP contribution in [0.15, 0.2) is 33.4 Å². The maximum atomic E-state index is 11.8. The van der Waals surface area contributed by atoms with Gasteiger partial charge in [0.25, 0.3) is 11.8 Å². The average Bonchev–Trinajstić information content (AvgIpc) is 3.02. The van der Waals surface area contributed by atoms with E-state index in [0.717, 1.165) is 11.1 Å². The Morgan fingerprint density at radius 3 is 2.46 bits per heavy atom. The number of benzene rings is 1. The molecule has 7 nitrogen and oxygen atoms in total. The predicted octanol–water partition coefficient (Wildman–Crippen LogP) is 3.03. The zero-order valence-electron chi connectivity index (χ0n) is 13.8. The summed E-state index contributed by atoms with van der Waals surface area (Å²) in [7, 11) is 0. The number of furan rings is 1. The zero-order chi connectivity index (χ0) is 19.3. The Morgan fingerprint density at radius 2 is 1.88 bits per heavy atom. The standard InChI is InChI=1S/C16H15BrClN3O4S/c1-8-5-10(6-9(2)14(8)18)24-7-13(22)20-21-16(26)19-15(23)11-3-4-12(17)25-11/h3-6H,7H2,1-2H3,(H,20,22)(H2,19,21,23,26). The molecular formula is C16H15BrClN3O4S. The number of carbonyl (C=O) groups is 2. The minimum Gasteiger partial charge on any atom is -0.484 e. The summed E-state index contributed by atoms with van der Waals surface area (Å²) < 4.78 is 10.9. The quantitative estimate of drug-likeness (QED) is 0.480. The molecular weight excluding hydrogens is 446 g/mol. The van der Waals surface area contributed by atoms with E-state index in [2.05, 4.69) is 32.1 Å². The van der Waals surface area contributed by atoms with Crippen LogP contribution in [0.1, 0.15) is 21.7 Å². The number of hydrogen-bond donors (Lipinski definition) is 3. The number of amides is 2. The largest absolute Gasteiger partial charge is 0.484 e. The van der Waals surface area contributed by atoms with Gasteiger partial charge in [-0.25, -0.2) is 0 Å². The maximum absolute atomic E-state index is 11.8. The van der Waals surface area contributed by atoms with Crippen molar-refractivity contribution in [3.8, 4) is 5.75 Å². The SMILES string of the molecule is Cc1cc(OCC(=O)NNC(=S)NC(=O)c2ccc(Br)o2)cc(C)c1Cl. The average molecular weight is 461 g/mol. The van der Waals surface area contributed by atoms with Crippen LogP contribution in [0.2, 0.25) is 5.02 Å². The van der Waals surface area contributed by atoms with Crippen molar-refractivity contribution in [1.82, 2.24) is 16.2 Å². The molecule has 1 aromatic carbocycles. The minimum absolute atomic E-state index is 0.0733. The number of rotatable bonds is 4. The minimum atomic E-state index is -0.550. The Kier molecular flexibility index (Phi) is 7.01. The van der Waals surface area contributed by atoms with E-state index in [4.69, 9.17) is 33.0 Å². The molecule has 0 spiro atoms. The fourth-order valence-corrected chi connectivity index (χ4v) is 2.49. The second-order valence-corrected chi connectivity index (χ2v) is 6.79. The van der Waals surface area contributed by atoms with Gasteiger partial charge in [0.05, 0.1) is 0 Å². The first-order chi connectivity index (χ1) is 12.3. The van der Waals surface area contributed by atoms with Crippen LogP contribution in [0.3, 0.4) is 0 Å². The molecule has 1 aromatic heterocycles. The van der Waals surface area contributed by atoms with E-state index in [1.165, 1.54) is 6.07 Å². The molecule has 2 rings (SSSR count). The van der Waals surface area contributed by atoms with Gasteiger partial charge >= 0.3 is 0 Å². The lowest BCUT2D eigenvalue weighted by atomic mass is 10.1. The highest BCUT2D eigenvalue weighted by atomic mass is 79.9. The van der Waals surface area contributed by atoms with E-state index in [1.807, 2.05) is 13.8 Å². The lowest BCUT2D eigenvalue weighted by Crippen LogP contribution is -2.49. The van der Waals surface area contributed by atoms with Crippen LogP contribution in [0, 0.1) is 13.8 Å². The lowest BCUT2D eigenvalue weighted by molar-refractivity contribution is -0.123. The molecule has 3 N–H and O–H groups in total. The molecule has 0 saturated carbocycles. The molecule has 0 bridgehead atoms. The molecule has 2 amide bonds. The molecule has 0 radical (unpaired) electrons. The van der Waals surface area contributed by atoms with E-state index in [1.54, 1.807) is 18.2 Å². The summed E-state index contributed by atoms with van der Waals surface area (Å²) in [5.74, 6) is -0.429. The van der Waals surface area contributed by atoms with Crippen molar-refractivity contribution in [3.05, 3.63) is 50.8 Å². The number of carbonyl (C=O) groups excluding carboxylic acids is 2. The van der Waals surface area contributed by atoms with E-state index in [0.29, 0.717) is 15.4 Å². The molecule has 0 atom stereocenters. The van der Waals surface area contributed by atoms with Gasteiger partial charge in [-0.1, -0.05) is 11.6 Å². The number of nitrogens with one attached hydrogen (secondary N) is 3. The van der Waals surface area contributed by atoms with Gasteiger partial charge in [0.15, 0.2) is 22.1 Å². The summed E-state index contributed by atoms with van der Waals surface area (Å²) in [6, 6.07) is 6.53. The van der Waals surface area contributed by atoms with Gasteiger partial charge in [0.2, 0.25) is 0 Å². The third-order valence-electron chi connectivity index (χ3n) is 3.12. The van der Waals surface area contributed by atoms with Crippen LogP contribution in [0.25, 0.3) is 0 Å². The van der Waals surface area contributed by atoms with Crippen LogP contribution in [0.4, 0.5) is 0 Å². The third-order valence-corrected chi connectivity index (χ3v) is 4.35. The molecule has 1 heterocycles. The Labute approximate surface area is 168 Å². The maximum Gasteiger partial charge on any atom is 0.293 e. The van der Waals surface area contributed by atoms with Crippen molar-refractivity contribution in [2.45, 2.75) is 13.8 Å². The normalized spacial score (nSPS) is 10.2. The van der Waals surface area contributed by atoms with Gasteiger partial charge in [0.1, 0.15) is 5.75 Å². The van der Waals surface area contributed by atoms with Crippen LogP contribution in [-0.4, -0.2) is 23.5 Å². The first kappa shape index (κ1) is 20.2. The Balaban J connectivity index is 1.76. The summed E-state index contributed by atoms with van der Waals surface area (Å²) in [5, 5.41) is 2.93. The van der Waals surface area contributed by atoms with Crippen molar-refractivity contribution in [2.75, 3.05) is 6.61 Å². The zero-order valence-corrected chi connectivity index (χ0v) is 17.0. The van der Waals surface area contributed by atoms with E-state index >= 15 is 0 Å². The van der Waals surface area contributed by atoms with Crippen LogP contribution >= 0.6 is 39.7 Å². The van der Waals surface area contributed by atoms with Crippen molar-refractivity contribution in [1.29, 1.82) is 0 Å². The molecule has 0 aliphatic heterocycles. The number of halogens is 2. The Hall–Kier alpha value is -2.10. The molecule has 0 saturated heterocycles. The van der Waals surface area contributed by atoms with Crippen molar-refractivity contribution < 1.29 is 18.7 Å². The number of aryl methyl sites for hydroxylation is 2. The molecule has 0 aliphatic rings. The monoisotopic (exact) mass is 459 g/mol. The van der Waals surface area contributed by atoms with E-state index < -0.39 is 11.8 Å². The fraction of sp³-hybridized carbons (Fsp3) is 0.188. The van der Waals surface area contributed by atoms with Gasteiger partial charge in [-0.05, 0) is 77.4 Å². The molecule has 0 fully saturated rings. The highest BCUT2D eigenvalue weighted by molar-refractivity contribution is 9.10. The number of hydrogen-bond acceptors (Lipinski definition) is 5. The lowest BCUT2D eigenvalue weighted by Gasteiger charge is -2.12. The van der Waals surface area contributed by atoms with E-state index in [9.17, 15) is 9.59 Å². The van der Waals surface area contributed by atoms with Gasteiger partial charge < -0.3 is 9.15 Å². The summed E-state index contributed by atoms with van der Waals surface area (Å²) in [6.45, 7) is 3.46. The van der Waals surface area contributed by atoms with Gasteiger partial charge in [-0.3, -0.25) is 25.8 Å². The highest BCUT2D eigenvalue weighted by Crippen LogP contribution is 2.25. The van der Waals surface area contributed by atoms with Crippen molar-refractivity contribution in [2.24, 2.45) is 0 Å². The summed E-state index contributed by atoms with van der Waals surface area (Å²) in [6.07, 6.45) is 0. The second kappa shape index (κ2) is 9.02. The van der Waals surface area contributed by atoms with E-state index in [-0.39, 0.29) is 17.5 Å². The summed E-state index contributed by atoms with van der Waals surface area (Å²) in [4.78, 5) is 23.6. The highest BCUT2D eigenvalue weighted by Gasteiger charge is 2.12. The van der Waals surface area contributed by atoms with Crippen LogP contribution < -0.4 is 20.9 Å². The van der Waals surface area contributed by atoms with Gasteiger partial charge in [-0.2, -0.15) is 0 Å². The first-order valence-electron chi connectivity index (χ1n) is 7.31. The fourth-order valence-electron chi connectivity index (χ4n) is 1.93. The molecule has 10 heteroatoms. The summed E-state index contributed by atoms with van der Waals surface area (Å²) >= 11 is 14.1. The molecule has 26 heavy (non-hydrogen) atoms. The molecule has 138 valence electrons. The smallest absolute Gasteiger partial charge is 0.293 e. The summed E-state index contributed by atoms with van der Waals surface area (Å²) in [5.41, 5.74) is 6.43. The number of hydrazine groups is 1. The predicted molar refractivity (Wildman–Crippen MR) is 104 cm³/mol. The van der Waals surface area contributed by atoms with Crippen LogP contribution in [-0.2, 0) is 4.79 Å². The Bertz CT molecular complexity index is 833. The molecule has 0 unspecified atom stereocenters. The van der Waals surface area contributed by atoms with Crippen molar-refractivity contribution >= 4 is 56.7 Å². The Morgan fingerprint density at radius 1 is 1.23 bits per heavy atom. The molecule has 2 aromatic rings. The van der Waals surface area contributed by atoms with Crippen molar-refractivity contribution in [3.63, 3.8) is 0 Å². The second-order valence-electron chi connectivity index (χ2n) is 5.22. The molecule has 0 aliphatic carbocycles. The van der Waals surface area contributed by atoms with Gasteiger partial charge in [0, 0.05) is 5.02 Å². The first-order valence-corrected chi connectivity index (χ1v) is 8.89. The third kappa shape index (κ3) is 5.72. The number of thiocarbonyl (C=S) groups is 1.